The van der Waals surface area contributed by atoms with Crippen molar-refractivity contribution in [1.82, 2.24) is 15.5 Å². The SMILES string of the molecule is c1cc(N2CCCNCC2)[nH]n1. The fraction of sp³-hybridized carbons (Fsp3) is 0.625. The minimum absolute atomic E-state index is 1.07. The first-order valence-corrected chi connectivity index (χ1v) is 4.42. The van der Waals surface area contributed by atoms with Crippen LogP contribution in [0, 0.1) is 0 Å². The summed E-state index contributed by atoms with van der Waals surface area (Å²) >= 11 is 0. The van der Waals surface area contributed by atoms with Crippen LogP contribution in [0.5, 0.6) is 0 Å². The number of aromatic amines is 1. The quantitative estimate of drug-likeness (QED) is 0.627. The van der Waals surface area contributed by atoms with Crippen LogP contribution >= 0.6 is 0 Å². The van der Waals surface area contributed by atoms with Gasteiger partial charge in [-0.2, -0.15) is 5.10 Å². The summed E-state index contributed by atoms with van der Waals surface area (Å²) < 4.78 is 0. The third kappa shape index (κ3) is 1.58. The molecule has 0 unspecified atom stereocenters. The normalized spacial score (nSPS) is 19.2. The average molecular weight is 166 g/mol. The van der Waals surface area contributed by atoms with Crippen molar-refractivity contribution in [3.63, 3.8) is 0 Å². The highest BCUT2D eigenvalue weighted by molar-refractivity contribution is 5.36. The van der Waals surface area contributed by atoms with E-state index in [2.05, 4.69) is 20.4 Å². The second kappa shape index (κ2) is 3.58. The molecule has 0 aromatic carbocycles. The summed E-state index contributed by atoms with van der Waals surface area (Å²) in [6.45, 7) is 4.39. The van der Waals surface area contributed by atoms with Gasteiger partial charge in [0.25, 0.3) is 0 Å². The molecule has 12 heavy (non-hydrogen) atoms. The molecule has 2 rings (SSSR count). The van der Waals surface area contributed by atoms with E-state index < -0.39 is 0 Å². The fourth-order valence-electron chi connectivity index (χ4n) is 1.51. The van der Waals surface area contributed by atoms with Gasteiger partial charge in [0.05, 0.1) is 6.20 Å². The molecular weight excluding hydrogens is 152 g/mol. The Balaban J connectivity index is 2.02. The Labute approximate surface area is 72.0 Å². The van der Waals surface area contributed by atoms with Crippen molar-refractivity contribution in [2.24, 2.45) is 0 Å². The van der Waals surface area contributed by atoms with Crippen LogP contribution in [0.1, 0.15) is 6.42 Å². The molecule has 1 aromatic heterocycles. The molecular formula is C8H14N4. The van der Waals surface area contributed by atoms with Gasteiger partial charge in [-0.05, 0) is 13.0 Å². The van der Waals surface area contributed by atoms with E-state index in [0.29, 0.717) is 0 Å². The second-order valence-electron chi connectivity index (χ2n) is 3.03. The molecule has 0 saturated carbocycles. The van der Waals surface area contributed by atoms with E-state index >= 15 is 0 Å². The standard InChI is InChI=1S/C8H14N4/c1-3-9-5-7-12(6-1)8-2-4-10-11-8/h2,4,9H,1,3,5-7H2,(H,10,11). The lowest BCUT2D eigenvalue weighted by molar-refractivity contribution is 0.724. The summed E-state index contributed by atoms with van der Waals surface area (Å²) in [5.74, 6) is 1.14. The molecule has 1 fully saturated rings. The second-order valence-corrected chi connectivity index (χ2v) is 3.03. The van der Waals surface area contributed by atoms with Crippen LogP contribution in [0.25, 0.3) is 0 Å². The molecule has 0 aliphatic carbocycles. The molecule has 2 N–H and O–H groups in total. The highest BCUT2D eigenvalue weighted by atomic mass is 15.3. The Morgan fingerprint density at radius 3 is 3.17 bits per heavy atom. The van der Waals surface area contributed by atoms with Gasteiger partial charge in [0.1, 0.15) is 5.82 Å². The van der Waals surface area contributed by atoms with Gasteiger partial charge in [0.2, 0.25) is 0 Å². The van der Waals surface area contributed by atoms with E-state index in [-0.39, 0.29) is 0 Å². The molecule has 4 nitrogen and oxygen atoms in total. The van der Waals surface area contributed by atoms with Crippen LogP contribution in [0.2, 0.25) is 0 Å². The Morgan fingerprint density at radius 1 is 1.33 bits per heavy atom. The zero-order chi connectivity index (χ0) is 8.23. The number of nitrogens with one attached hydrogen (secondary N) is 2. The maximum absolute atomic E-state index is 3.94. The van der Waals surface area contributed by atoms with Gasteiger partial charge in [-0.3, -0.25) is 5.10 Å². The number of anilines is 1. The third-order valence-electron chi connectivity index (χ3n) is 2.17. The van der Waals surface area contributed by atoms with E-state index in [0.717, 1.165) is 32.0 Å². The Bertz CT molecular complexity index is 211. The van der Waals surface area contributed by atoms with Crippen LogP contribution in [-0.2, 0) is 0 Å². The van der Waals surface area contributed by atoms with Gasteiger partial charge >= 0.3 is 0 Å². The van der Waals surface area contributed by atoms with E-state index in [4.69, 9.17) is 0 Å². The van der Waals surface area contributed by atoms with Crippen LogP contribution < -0.4 is 10.2 Å². The van der Waals surface area contributed by atoms with Gasteiger partial charge in [-0.25, -0.2) is 0 Å². The van der Waals surface area contributed by atoms with E-state index in [1.807, 2.05) is 6.07 Å². The zero-order valence-electron chi connectivity index (χ0n) is 7.08. The molecule has 4 heteroatoms. The first kappa shape index (κ1) is 7.61. The van der Waals surface area contributed by atoms with Crippen LogP contribution in [0.3, 0.4) is 0 Å². The van der Waals surface area contributed by atoms with E-state index in [1.165, 1.54) is 6.42 Å². The molecule has 1 aromatic rings. The van der Waals surface area contributed by atoms with Crippen LogP contribution in [-0.4, -0.2) is 36.4 Å². The molecule has 0 atom stereocenters. The molecule has 2 heterocycles. The van der Waals surface area contributed by atoms with Gasteiger partial charge in [0.15, 0.2) is 0 Å². The lowest BCUT2D eigenvalue weighted by Gasteiger charge is -2.19. The van der Waals surface area contributed by atoms with Crippen molar-refractivity contribution >= 4 is 5.82 Å². The first-order valence-electron chi connectivity index (χ1n) is 4.42. The smallest absolute Gasteiger partial charge is 0.123 e. The topological polar surface area (TPSA) is 44.0 Å². The number of H-pyrrole nitrogens is 1. The minimum atomic E-state index is 1.07. The highest BCUT2D eigenvalue weighted by Gasteiger charge is 2.09. The summed E-state index contributed by atoms with van der Waals surface area (Å²) in [5.41, 5.74) is 0. The van der Waals surface area contributed by atoms with Crippen molar-refractivity contribution < 1.29 is 0 Å². The predicted molar refractivity (Wildman–Crippen MR) is 48.3 cm³/mol. The molecule has 0 amide bonds. The third-order valence-corrected chi connectivity index (χ3v) is 2.17. The predicted octanol–water partition coefficient (Wildman–Crippen LogP) is 0.209. The van der Waals surface area contributed by atoms with Crippen molar-refractivity contribution in [2.75, 3.05) is 31.1 Å². The lowest BCUT2D eigenvalue weighted by Crippen LogP contribution is -2.28. The number of hydrogen-bond acceptors (Lipinski definition) is 3. The van der Waals surface area contributed by atoms with Crippen molar-refractivity contribution in [2.45, 2.75) is 6.42 Å². The summed E-state index contributed by atoms with van der Waals surface area (Å²) in [7, 11) is 0. The van der Waals surface area contributed by atoms with Crippen molar-refractivity contribution in [3.8, 4) is 0 Å². The molecule has 1 saturated heterocycles. The average Bonchev–Trinajstić information content (AvgIpc) is 2.48. The van der Waals surface area contributed by atoms with E-state index in [9.17, 15) is 0 Å². The minimum Gasteiger partial charge on any atom is -0.356 e. The largest absolute Gasteiger partial charge is 0.356 e. The highest BCUT2D eigenvalue weighted by Crippen LogP contribution is 2.09. The summed E-state index contributed by atoms with van der Waals surface area (Å²) in [6.07, 6.45) is 3.01. The molecule has 1 aliphatic heterocycles. The summed E-state index contributed by atoms with van der Waals surface area (Å²) in [4.78, 5) is 2.33. The van der Waals surface area contributed by atoms with Crippen molar-refractivity contribution in [1.29, 1.82) is 0 Å². The number of rotatable bonds is 1. The van der Waals surface area contributed by atoms with Gasteiger partial charge in [-0.15, -0.1) is 0 Å². The van der Waals surface area contributed by atoms with Crippen LogP contribution in [0.15, 0.2) is 12.3 Å². The van der Waals surface area contributed by atoms with E-state index in [1.54, 1.807) is 6.20 Å². The molecule has 66 valence electrons. The number of hydrogen-bond donors (Lipinski definition) is 2. The monoisotopic (exact) mass is 166 g/mol. The number of nitrogens with zero attached hydrogens (tertiary/aromatic N) is 2. The fourth-order valence-corrected chi connectivity index (χ4v) is 1.51. The lowest BCUT2D eigenvalue weighted by atomic mass is 10.4. The van der Waals surface area contributed by atoms with Gasteiger partial charge < -0.3 is 10.2 Å². The van der Waals surface area contributed by atoms with Crippen molar-refractivity contribution in [3.05, 3.63) is 12.3 Å². The maximum Gasteiger partial charge on any atom is 0.123 e. The Kier molecular flexibility index (Phi) is 2.27. The summed E-state index contributed by atoms with van der Waals surface area (Å²) in [5, 5.41) is 10.3. The number of aromatic nitrogens is 2. The molecule has 1 aliphatic rings. The summed E-state index contributed by atoms with van der Waals surface area (Å²) in [6, 6.07) is 2.02. The van der Waals surface area contributed by atoms with Gasteiger partial charge in [0, 0.05) is 25.7 Å². The molecule has 0 spiro atoms. The van der Waals surface area contributed by atoms with Crippen LogP contribution in [0.4, 0.5) is 5.82 Å². The Hall–Kier alpha value is -1.03. The molecule has 0 bridgehead atoms. The first-order chi connectivity index (χ1) is 5.97. The molecule has 0 radical (unpaired) electrons. The van der Waals surface area contributed by atoms with Gasteiger partial charge in [-0.1, -0.05) is 0 Å². The maximum atomic E-state index is 3.94. The Morgan fingerprint density at radius 2 is 2.33 bits per heavy atom. The zero-order valence-corrected chi connectivity index (χ0v) is 7.08.